The zero-order valence-electron chi connectivity index (χ0n) is 16.5. The highest BCUT2D eigenvalue weighted by atomic mass is 19.1. The number of ether oxygens (including phenoxy) is 2. The van der Waals surface area contributed by atoms with Crippen molar-refractivity contribution in [3.63, 3.8) is 0 Å². The third-order valence-corrected chi connectivity index (χ3v) is 5.32. The molecule has 1 heterocycles. The van der Waals surface area contributed by atoms with Crippen LogP contribution in [0.2, 0.25) is 0 Å². The summed E-state index contributed by atoms with van der Waals surface area (Å²) in [7, 11) is 0. The molecule has 0 amide bonds. The normalized spacial score (nSPS) is 26.4. The molecule has 7 heteroatoms. The lowest BCUT2D eigenvalue weighted by molar-refractivity contribution is -0.277. The molecule has 0 aliphatic carbocycles. The highest BCUT2D eigenvalue weighted by Gasteiger charge is 2.44. The van der Waals surface area contributed by atoms with E-state index in [2.05, 4.69) is 0 Å². The van der Waals surface area contributed by atoms with E-state index in [1.54, 1.807) is 36.4 Å². The minimum Gasteiger partial charge on any atom is -0.461 e. The van der Waals surface area contributed by atoms with Crippen LogP contribution in [-0.2, 0) is 4.74 Å². The van der Waals surface area contributed by atoms with Crippen LogP contribution in [0.15, 0.2) is 60.7 Å². The number of halogens is 1. The third-order valence-electron chi connectivity index (χ3n) is 5.32. The van der Waals surface area contributed by atoms with Gasteiger partial charge in [0.2, 0.25) is 6.29 Å². The third kappa shape index (κ3) is 4.46. The van der Waals surface area contributed by atoms with E-state index < -0.39 is 37.3 Å². The Bertz CT molecular complexity index is 1080. The molecule has 0 bridgehead atoms. The highest BCUT2D eigenvalue weighted by Crippen LogP contribution is 2.31. The van der Waals surface area contributed by atoms with Gasteiger partial charge in [-0.1, -0.05) is 54.6 Å². The van der Waals surface area contributed by atoms with Gasteiger partial charge in [0.05, 0.1) is 6.61 Å². The van der Waals surface area contributed by atoms with Gasteiger partial charge in [-0.3, -0.25) is 0 Å². The lowest BCUT2D eigenvalue weighted by atomic mass is 9.99. The van der Waals surface area contributed by atoms with Crippen LogP contribution in [0, 0.1) is 5.82 Å². The van der Waals surface area contributed by atoms with Crippen molar-refractivity contribution in [3.05, 3.63) is 77.6 Å². The van der Waals surface area contributed by atoms with Crippen LogP contribution in [0.3, 0.4) is 0 Å². The molecule has 3 aromatic rings. The van der Waals surface area contributed by atoms with E-state index in [1.165, 1.54) is 6.07 Å². The van der Waals surface area contributed by atoms with Gasteiger partial charge in [-0.2, -0.15) is 0 Å². The zero-order valence-corrected chi connectivity index (χ0v) is 16.5. The minimum absolute atomic E-state index is 0.329. The van der Waals surface area contributed by atoms with E-state index in [-0.39, 0.29) is 5.82 Å². The van der Waals surface area contributed by atoms with Gasteiger partial charge >= 0.3 is 0 Å². The summed E-state index contributed by atoms with van der Waals surface area (Å²) in [5.74, 6) is -0.0356. The Morgan fingerprint density at radius 2 is 1.48 bits per heavy atom. The van der Waals surface area contributed by atoms with Crippen LogP contribution in [0.1, 0.15) is 11.1 Å². The van der Waals surface area contributed by atoms with E-state index in [4.69, 9.17) is 9.47 Å². The molecule has 0 aromatic heterocycles. The molecular formula is C24H23FO6. The number of rotatable bonds is 5. The van der Waals surface area contributed by atoms with Crippen molar-refractivity contribution in [2.24, 2.45) is 0 Å². The van der Waals surface area contributed by atoms with E-state index in [1.807, 2.05) is 30.3 Å². The van der Waals surface area contributed by atoms with Crippen LogP contribution >= 0.6 is 0 Å². The summed E-state index contributed by atoms with van der Waals surface area (Å²) < 4.78 is 25.4. The predicted molar refractivity (Wildman–Crippen MR) is 114 cm³/mol. The van der Waals surface area contributed by atoms with Gasteiger partial charge in [0.25, 0.3) is 0 Å². The Morgan fingerprint density at radius 3 is 2.19 bits per heavy atom. The van der Waals surface area contributed by atoms with Crippen LogP contribution in [0.4, 0.5) is 4.39 Å². The molecule has 1 saturated heterocycles. The number of hydrogen-bond donors (Lipinski definition) is 4. The van der Waals surface area contributed by atoms with Crippen molar-refractivity contribution in [2.45, 2.75) is 30.7 Å². The molecule has 1 aliphatic heterocycles. The summed E-state index contributed by atoms with van der Waals surface area (Å²) in [6, 6.07) is 17.5. The first-order valence-electron chi connectivity index (χ1n) is 9.90. The van der Waals surface area contributed by atoms with Gasteiger partial charge in [0.1, 0.15) is 36.0 Å². The first kappa shape index (κ1) is 21.4. The summed E-state index contributed by atoms with van der Waals surface area (Å²) in [5, 5.41) is 41.5. The number of fused-ring (bicyclic) bond motifs is 1. The van der Waals surface area contributed by atoms with Crippen LogP contribution in [0.25, 0.3) is 22.9 Å². The summed E-state index contributed by atoms with van der Waals surface area (Å²) in [6.07, 6.45) is -3.67. The molecule has 162 valence electrons. The lowest BCUT2D eigenvalue weighted by Gasteiger charge is -2.39. The number of benzene rings is 3. The summed E-state index contributed by atoms with van der Waals surface area (Å²) in [5.41, 5.74) is 0.994. The van der Waals surface area contributed by atoms with Gasteiger partial charge in [0.15, 0.2) is 0 Å². The first-order chi connectivity index (χ1) is 15.0. The molecule has 4 N–H and O–H groups in total. The fourth-order valence-electron chi connectivity index (χ4n) is 3.55. The first-order valence-corrected chi connectivity index (χ1v) is 9.90. The molecule has 0 saturated carbocycles. The number of hydrogen-bond acceptors (Lipinski definition) is 6. The van der Waals surface area contributed by atoms with E-state index in [0.29, 0.717) is 16.9 Å². The molecule has 0 spiro atoms. The van der Waals surface area contributed by atoms with Crippen LogP contribution < -0.4 is 4.74 Å². The molecule has 31 heavy (non-hydrogen) atoms. The second kappa shape index (κ2) is 9.13. The smallest absolute Gasteiger partial charge is 0.229 e. The standard InChI is InChI=1S/C24H23FO6/c25-18-8-4-3-5-14(18)9-10-17-11-15-6-1-2-7-16(15)12-19(17)30-24-23(29)22(28)21(27)20(13-26)31-24/h1-12,20-24,26-29H,13H2/b10-9+/t20-,21-,22+,23-,24?/m1/s1. The van der Waals surface area contributed by atoms with Gasteiger partial charge in [-0.15, -0.1) is 0 Å². The topological polar surface area (TPSA) is 99.4 Å². The minimum atomic E-state index is -1.55. The highest BCUT2D eigenvalue weighted by molar-refractivity contribution is 5.88. The van der Waals surface area contributed by atoms with Crippen LogP contribution in [-0.4, -0.2) is 57.7 Å². The average molecular weight is 426 g/mol. The Labute approximate surface area is 178 Å². The van der Waals surface area contributed by atoms with Crippen LogP contribution in [0.5, 0.6) is 5.75 Å². The van der Waals surface area contributed by atoms with Crippen molar-refractivity contribution in [2.75, 3.05) is 6.61 Å². The zero-order chi connectivity index (χ0) is 22.0. The molecule has 1 unspecified atom stereocenters. The quantitative estimate of drug-likeness (QED) is 0.468. The molecule has 1 aliphatic rings. The molecule has 1 fully saturated rings. The Hall–Kier alpha value is -2.81. The van der Waals surface area contributed by atoms with Gasteiger partial charge in [-0.25, -0.2) is 4.39 Å². The molecule has 6 nitrogen and oxygen atoms in total. The lowest BCUT2D eigenvalue weighted by Crippen LogP contribution is -2.60. The fourth-order valence-corrected chi connectivity index (χ4v) is 3.55. The molecular weight excluding hydrogens is 403 g/mol. The van der Waals surface area contributed by atoms with Gasteiger partial charge in [-0.05, 0) is 29.0 Å². The predicted octanol–water partition coefficient (Wildman–Crippen LogP) is 2.33. The van der Waals surface area contributed by atoms with E-state index in [9.17, 15) is 24.8 Å². The molecule has 5 atom stereocenters. The fraction of sp³-hybridized carbons (Fsp3) is 0.250. The van der Waals surface area contributed by atoms with Crippen molar-refractivity contribution in [1.29, 1.82) is 0 Å². The van der Waals surface area contributed by atoms with Crippen molar-refractivity contribution in [3.8, 4) is 5.75 Å². The van der Waals surface area contributed by atoms with E-state index >= 15 is 0 Å². The second-order valence-electron chi connectivity index (χ2n) is 7.41. The maximum Gasteiger partial charge on any atom is 0.229 e. The Balaban J connectivity index is 1.70. The SMILES string of the molecule is OC[C@H]1OC(Oc2cc3ccccc3cc2/C=C/c2ccccc2F)[C@H](O)[C@@H](O)[C@@H]1O. The maximum atomic E-state index is 14.0. The monoisotopic (exact) mass is 426 g/mol. The van der Waals surface area contributed by atoms with Crippen molar-refractivity contribution in [1.82, 2.24) is 0 Å². The van der Waals surface area contributed by atoms with Gasteiger partial charge in [0, 0.05) is 11.1 Å². The molecule has 4 rings (SSSR count). The van der Waals surface area contributed by atoms with Crippen molar-refractivity contribution >= 4 is 22.9 Å². The summed E-state index contributed by atoms with van der Waals surface area (Å²) in [4.78, 5) is 0. The van der Waals surface area contributed by atoms with Crippen molar-refractivity contribution < 1.29 is 34.3 Å². The van der Waals surface area contributed by atoms with Gasteiger partial charge < -0.3 is 29.9 Å². The largest absolute Gasteiger partial charge is 0.461 e. The molecule has 3 aromatic carbocycles. The summed E-state index contributed by atoms with van der Waals surface area (Å²) in [6.45, 7) is -0.553. The Kier molecular flexibility index (Phi) is 6.31. The number of aliphatic hydroxyl groups excluding tert-OH is 4. The average Bonchev–Trinajstić information content (AvgIpc) is 2.78. The summed E-state index contributed by atoms with van der Waals surface area (Å²) >= 11 is 0. The molecule has 0 radical (unpaired) electrons. The number of aliphatic hydroxyl groups is 4. The van der Waals surface area contributed by atoms with E-state index in [0.717, 1.165) is 10.8 Å². The second-order valence-corrected chi connectivity index (χ2v) is 7.41. The Morgan fingerprint density at radius 1 is 0.839 bits per heavy atom. The maximum absolute atomic E-state index is 14.0.